The van der Waals surface area contributed by atoms with E-state index in [0.717, 1.165) is 11.0 Å². The van der Waals surface area contributed by atoms with Crippen molar-refractivity contribution in [1.29, 1.82) is 0 Å². The van der Waals surface area contributed by atoms with E-state index in [1.54, 1.807) is 0 Å². The topological polar surface area (TPSA) is 65.2 Å². The van der Waals surface area contributed by atoms with Crippen LogP contribution in [0.15, 0.2) is 4.42 Å². The van der Waals surface area contributed by atoms with Crippen molar-refractivity contribution in [3.05, 3.63) is 22.0 Å². The van der Waals surface area contributed by atoms with Gasteiger partial charge in [-0.3, -0.25) is 0 Å². The van der Waals surface area contributed by atoms with Gasteiger partial charge in [0.1, 0.15) is 11.2 Å². The fraction of sp³-hybridized carbons (Fsp3) is 0.739. The fourth-order valence-corrected chi connectivity index (χ4v) is 6.52. The van der Waals surface area contributed by atoms with Crippen LogP contribution in [0, 0.1) is 11.3 Å². The number of fused-ring (bicyclic) bond motifs is 5. The van der Waals surface area contributed by atoms with E-state index < -0.39 is 5.54 Å². The van der Waals surface area contributed by atoms with E-state index in [1.165, 1.54) is 48.6 Å². The van der Waals surface area contributed by atoms with Gasteiger partial charge >= 0.3 is 0 Å². The van der Waals surface area contributed by atoms with Crippen LogP contribution in [0.25, 0.3) is 11.6 Å². The Hall–Kier alpha value is -1.06. The Kier molecular flexibility index (Phi) is 3.86. The normalized spacial score (nSPS) is 41.5. The number of hydrogen-bond donors (Lipinski definition) is 2. The summed E-state index contributed by atoms with van der Waals surface area (Å²) in [6.45, 7) is 13.9. The average molecular weight is 357 g/mol. The third-order valence-electron chi connectivity index (χ3n) is 8.06. The summed E-state index contributed by atoms with van der Waals surface area (Å²) in [6.07, 6.45) is 8.55. The minimum atomic E-state index is -0.527. The first kappa shape index (κ1) is 18.3. The third kappa shape index (κ3) is 2.32. The molecular formula is C23H36N2O. The number of rotatable bonds is 0. The van der Waals surface area contributed by atoms with Gasteiger partial charge in [-0.1, -0.05) is 40.2 Å². The van der Waals surface area contributed by atoms with Gasteiger partial charge in [0.05, 0.1) is 11.6 Å². The van der Waals surface area contributed by atoms with Gasteiger partial charge in [0.15, 0.2) is 0 Å². The first-order valence-corrected chi connectivity index (χ1v) is 10.4. The van der Waals surface area contributed by atoms with E-state index in [4.69, 9.17) is 15.9 Å². The molecule has 0 saturated heterocycles. The van der Waals surface area contributed by atoms with E-state index >= 15 is 0 Å². The molecule has 1 fully saturated rings. The summed E-state index contributed by atoms with van der Waals surface area (Å²) in [7, 11) is 0. The summed E-state index contributed by atoms with van der Waals surface area (Å²) in [5, 5.41) is 1.25. The lowest BCUT2D eigenvalue weighted by Crippen LogP contribution is -2.58. The summed E-state index contributed by atoms with van der Waals surface area (Å²) < 4.78 is 6.58. The highest BCUT2D eigenvalue weighted by molar-refractivity contribution is 5.62. The van der Waals surface area contributed by atoms with E-state index in [2.05, 4.69) is 40.7 Å². The van der Waals surface area contributed by atoms with Gasteiger partial charge in [-0.15, -0.1) is 0 Å². The highest BCUT2D eigenvalue weighted by Gasteiger charge is 2.51. The zero-order valence-electron chi connectivity index (χ0n) is 17.4. The van der Waals surface area contributed by atoms with Crippen LogP contribution in [0.2, 0.25) is 0 Å². The summed E-state index contributed by atoms with van der Waals surface area (Å²) >= 11 is 0. The summed E-state index contributed by atoms with van der Waals surface area (Å²) in [6, 6.07) is -0.188. The molecule has 1 aromatic heterocycles. The minimum Gasteiger partial charge on any atom is -0.460 e. The van der Waals surface area contributed by atoms with Gasteiger partial charge in [-0.2, -0.15) is 0 Å². The number of hydrogen-bond acceptors (Lipinski definition) is 3. The molecule has 0 spiro atoms. The Morgan fingerprint density at radius 1 is 1.12 bits per heavy atom. The monoisotopic (exact) mass is 356 g/mol. The van der Waals surface area contributed by atoms with Crippen LogP contribution in [0.4, 0.5) is 0 Å². The van der Waals surface area contributed by atoms with Gasteiger partial charge < -0.3 is 15.9 Å². The van der Waals surface area contributed by atoms with Crippen molar-refractivity contribution >= 4 is 11.6 Å². The van der Waals surface area contributed by atoms with Crippen LogP contribution in [-0.4, -0.2) is 11.6 Å². The van der Waals surface area contributed by atoms with Crippen molar-refractivity contribution in [2.75, 3.05) is 0 Å². The number of furan rings is 1. The molecule has 1 aromatic rings. The summed E-state index contributed by atoms with van der Waals surface area (Å²) in [5.41, 5.74) is 16.6. The van der Waals surface area contributed by atoms with Crippen LogP contribution in [0.3, 0.4) is 0 Å². The fourth-order valence-electron chi connectivity index (χ4n) is 6.52. The lowest BCUT2D eigenvalue weighted by Gasteiger charge is -2.50. The second-order valence-corrected chi connectivity index (χ2v) is 10.5. The van der Waals surface area contributed by atoms with E-state index in [1.807, 2.05) is 6.92 Å². The van der Waals surface area contributed by atoms with Crippen LogP contribution in [-0.2, 0) is 5.41 Å². The minimum absolute atomic E-state index is 0.160. The molecule has 26 heavy (non-hydrogen) atoms. The molecule has 0 radical (unpaired) electrons. The maximum atomic E-state index is 6.61. The lowest BCUT2D eigenvalue weighted by molar-refractivity contribution is 0.0492. The zero-order chi connectivity index (χ0) is 19.1. The number of nitrogens with two attached hydrogens (primary N) is 2. The Morgan fingerprint density at radius 2 is 1.81 bits per heavy atom. The quantitative estimate of drug-likeness (QED) is 0.750. The van der Waals surface area contributed by atoms with Gasteiger partial charge in [0.25, 0.3) is 0 Å². The summed E-state index contributed by atoms with van der Waals surface area (Å²) in [5.74, 6) is 2.34. The molecule has 3 nitrogen and oxygen atoms in total. The van der Waals surface area contributed by atoms with E-state index in [0.29, 0.717) is 17.3 Å². The van der Waals surface area contributed by atoms with E-state index in [9.17, 15) is 0 Å². The summed E-state index contributed by atoms with van der Waals surface area (Å²) in [4.78, 5) is 0. The van der Waals surface area contributed by atoms with Crippen molar-refractivity contribution < 1.29 is 4.42 Å². The molecule has 144 valence electrons. The van der Waals surface area contributed by atoms with Crippen LogP contribution < -0.4 is 22.1 Å². The highest BCUT2D eigenvalue weighted by Crippen LogP contribution is 2.56. The molecule has 0 bridgehead atoms. The first-order chi connectivity index (χ1) is 12.0. The second kappa shape index (κ2) is 5.48. The Bertz CT molecular complexity index is 860. The molecule has 1 heterocycles. The molecular weight excluding hydrogens is 320 g/mol. The largest absolute Gasteiger partial charge is 0.460 e. The Morgan fingerprint density at radius 3 is 2.50 bits per heavy atom. The van der Waals surface area contributed by atoms with Crippen molar-refractivity contribution in [2.45, 2.75) is 96.6 Å². The van der Waals surface area contributed by atoms with Crippen molar-refractivity contribution in [3.63, 3.8) is 0 Å². The van der Waals surface area contributed by atoms with Crippen molar-refractivity contribution in [3.8, 4) is 0 Å². The molecule has 4 N–H and O–H groups in total. The van der Waals surface area contributed by atoms with Gasteiger partial charge in [0, 0.05) is 16.7 Å². The third-order valence-corrected chi connectivity index (χ3v) is 8.06. The maximum Gasteiger partial charge on any atom is 0.134 e. The second-order valence-electron chi connectivity index (χ2n) is 10.5. The molecule has 3 heteroatoms. The first-order valence-electron chi connectivity index (χ1n) is 10.4. The lowest BCUT2D eigenvalue weighted by atomic mass is 9.53. The predicted molar refractivity (Wildman–Crippen MR) is 108 cm³/mol. The molecule has 0 aromatic carbocycles. The predicted octanol–water partition coefficient (Wildman–Crippen LogP) is 3.27. The Balaban J connectivity index is 2.08. The Labute approximate surface area is 157 Å². The molecule has 0 aliphatic heterocycles. The zero-order valence-corrected chi connectivity index (χ0v) is 17.4. The van der Waals surface area contributed by atoms with Crippen LogP contribution in [0.1, 0.15) is 90.9 Å². The van der Waals surface area contributed by atoms with E-state index in [-0.39, 0.29) is 11.5 Å². The molecule has 4 rings (SSSR count). The van der Waals surface area contributed by atoms with Crippen molar-refractivity contribution in [2.24, 2.45) is 22.8 Å². The molecule has 0 amide bonds. The van der Waals surface area contributed by atoms with Gasteiger partial charge in [0.2, 0.25) is 0 Å². The van der Waals surface area contributed by atoms with Crippen LogP contribution >= 0.6 is 0 Å². The maximum absolute atomic E-state index is 6.61. The molecule has 3 unspecified atom stereocenters. The molecule has 1 saturated carbocycles. The van der Waals surface area contributed by atoms with Crippen LogP contribution in [0.5, 0.6) is 0 Å². The van der Waals surface area contributed by atoms with Gasteiger partial charge in [-0.05, 0) is 61.9 Å². The average Bonchev–Trinajstić information content (AvgIpc) is 2.85. The van der Waals surface area contributed by atoms with Gasteiger partial charge in [-0.25, -0.2) is 0 Å². The highest BCUT2D eigenvalue weighted by atomic mass is 16.3. The molecule has 3 aliphatic rings. The smallest absolute Gasteiger partial charge is 0.134 e. The molecule has 5 atom stereocenters. The van der Waals surface area contributed by atoms with Crippen molar-refractivity contribution in [1.82, 2.24) is 0 Å². The SMILES string of the molecule is CC1=c2oc3c(c2=CC(C)(N)C1N)[C@]1(C)CCCC(C)(C)[C@H]1CCC3C. The standard InChI is InChI=1S/C23H36N2O/c1-13-8-9-16-21(3,4)10-7-11-22(16,5)17-15-12-23(6,25)20(24)14(2)19(15)26-18(13)17/h12-13,16,20H,7-11,24-25H2,1-6H3/t13?,16-,20?,22-,23?/m1/s1. The molecule has 3 aliphatic carbocycles.